The third-order valence-corrected chi connectivity index (χ3v) is 3.21. The maximum Gasteiger partial charge on any atom is 0.158 e. The SMILES string of the molecule is CC(=O)[C@H](O)[C@H]1[C@H](CC#N)C1(C)C. The number of nitriles is 1. The molecule has 0 aromatic heterocycles. The molecular weight excluding hydrogens is 166 g/mol. The van der Waals surface area contributed by atoms with Crippen molar-refractivity contribution in [3.63, 3.8) is 0 Å². The van der Waals surface area contributed by atoms with Crippen LogP contribution in [0.3, 0.4) is 0 Å². The molecule has 0 radical (unpaired) electrons. The Balaban J connectivity index is 2.65. The topological polar surface area (TPSA) is 61.1 Å². The summed E-state index contributed by atoms with van der Waals surface area (Å²) < 4.78 is 0. The van der Waals surface area contributed by atoms with Crippen LogP contribution in [-0.2, 0) is 4.79 Å². The van der Waals surface area contributed by atoms with Crippen molar-refractivity contribution in [1.82, 2.24) is 0 Å². The van der Waals surface area contributed by atoms with E-state index in [1.165, 1.54) is 6.92 Å². The Morgan fingerprint density at radius 1 is 1.69 bits per heavy atom. The second-order valence-corrected chi connectivity index (χ2v) is 4.37. The van der Waals surface area contributed by atoms with Crippen molar-refractivity contribution in [2.75, 3.05) is 0 Å². The Hall–Kier alpha value is -0.880. The highest BCUT2D eigenvalue weighted by molar-refractivity contribution is 5.81. The molecule has 0 aromatic rings. The van der Waals surface area contributed by atoms with Gasteiger partial charge >= 0.3 is 0 Å². The zero-order valence-electron chi connectivity index (χ0n) is 8.24. The molecule has 3 atom stereocenters. The fourth-order valence-corrected chi connectivity index (χ4v) is 2.15. The van der Waals surface area contributed by atoms with E-state index in [0.29, 0.717) is 6.42 Å². The number of aliphatic hydroxyl groups excluding tert-OH is 1. The fraction of sp³-hybridized carbons (Fsp3) is 0.800. The molecule has 1 aliphatic carbocycles. The minimum Gasteiger partial charge on any atom is -0.385 e. The minimum absolute atomic E-state index is 0.0235. The molecular formula is C10H15NO2. The molecule has 1 saturated carbocycles. The van der Waals surface area contributed by atoms with Gasteiger partial charge in [0.1, 0.15) is 6.10 Å². The monoisotopic (exact) mass is 181 g/mol. The summed E-state index contributed by atoms with van der Waals surface area (Å²) >= 11 is 0. The number of nitrogens with zero attached hydrogens (tertiary/aromatic N) is 1. The second-order valence-electron chi connectivity index (χ2n) is 4.37. The smallest absolute Gasteiger partial charge is 0.158 e. The summed E-state index contributed by atoms with van der Waals surface area (Å²) in [6.07, 6.45) is -0.449. The molecule has 1 N–H and O–H groups in total. The van der Waals surface area contributed by atoms with Crippen molar-refractivity contribution in [1.29, 1.82) is 5.26 Å². The Morgan fingerprint density at radius 2 is 2.23 bits per heavy atom. The van der Waals surface area contributed by atoms with Gasteiger partial charge in [-0.15, -0.1) is 0 Å². The van der Waals surface area contributed by atoms with Gasteiger partial charge in [0.05, 0.1) is 6.07 Å². The highest BCUT2D eigenvalue weighted by Crippen LogP contribution is 2.61. The quantitative estimate of drug-likeness (QED) is 0.709. The summed E-state index contributed by atoms with van der Waals surface area (Å²) in [7, 11) is 0. The lowest BCUT2D eigenvalue weighted by Gasteiger charge is -2.07. The number of Topliss-reactive ketones (excluding diaryl/α,β-unsaturated/α-hetero) is 1. The zero-order chi connectivity index (χ0) is 10.2. The predicted octanol–water partition coefficient (Wildman–Crippen LogP) is 1.12. The fourth-order valence-electron chi connectivity index (χ4n) is 2.15. The number of ketones is 1. The van der Waals surface area contributed by atoms with Gasteiger partial charge in [-0.25, -0.2) is 0 Å². The third-order valence-electron chi connectivity index (χ3n) is 3.21. The third kappa shape index (κ3) is 1.59. The van der Waals surface area contributed by atoms with Gasteiger partial charge in [0.2, 0.25) is 0 Å². The van der Waals surface area contributed by atoms with Gasteiger partial charge < -0.3 is 5.11 Å². The first-order valence-corrected chi connectivity index (χ1v) is 4.48. The Kier molecular flexibility index (Phi) is 2.44. The van der Waals surface area contributed by atoms with Crippen LogP contribution in [0.2, 0.25) is 0 Å². The molecule has 1 rings (SSSR count). The number of aliphatic hydroxyl groups is 1. The highest BCUT2D eigenvalue weighted by atomic mass is 16.3. The zero-order valence-corrected chi connectivity index (χ0v) is 8.24. The van der Waals surface area contributed by atoms with Crippen LogP contribution < -0.4 is 0 Å². The van der Waals surface area contributed by atoms with Crippen molar-refractivity contribution in [2.24, 2.45) is 17.3 Å². The van der Waals surface area contributed by atoms with Gasteiger partial charge in [0, 0.05) is 12.3 Å². The molecule has 0 saturated heterocycles. The lowest BCUT2D eigenvalue weighted by molar-refractivity contribution is -0.126. The molecule has 0 amide bonds. The Labute approximate surface area is 78.4 Å². The van der Waals surface area contributed by atoms with Gasteiger partial charge in [-0.05, 0) is 18.3 Å². The Morgan fingerprint density at radius 3 is 2.62 bits per heavy atom. The summed E-state index contributed by atoms with van der Waals surface area (Å²) in [5.74, 6) is -0.0421. The highest BCUT2D eigenvalue weighted by Gasteiger charge is 2.61. The molecule has 0 spiro atoms. The van der Waals surface area contributed by atoms with E-state index in [2.05, 4.69) is 6.07 Å². The summed E-state index contributed by atoms with van der Waals surface area (Å²) in [6.45, 7) is 5.38. The first-order valence-electron chi connectivity index (χ1n) is 4.48. The van der Waals surface area contributed by atoms with Crippen LogP contribution in [-0.4, -0.2) is 17.0 Å². The number of hydrogen-bond acceptors (Lipinski definition) is 3. The largest absolute Gasteiger partial charge is 0.385 e. The minimum atomic E-state index is -0.881. The molecule has 72 valence electrons. The van der Waals surface area contributed by atoms with Crippen molar-refractivity contribution in [3.05, 3.63) is 0 Å². The summed E-state index contributed by atoms with van der Waals surface area (Å²) in [5.41, 5.74) is -0.0547. The van der Waals surface area contributed by atoms with Gasteiger partial charge in [-0.2, -0.15) is 5.26 Å². The van der Waals surface area contributed by atoms with Crippen LogP contribution >= 0.6 is 0 Å². The van der Waals surface area contributed by atoms with E-state index in [9.17, 15) is 9.90 Å². The standard InChI is InChI=1S/C10H15NO2/c1-6(12)9(13)8-7(4-5-11)10(8,2)3/h7-9,13H,4H2,1-3H3/t7-,8+,9-/m0/s1. The van der Waals surface area contributed by atoms with E-state index in [1.807, 2.05) is 13.8 Å². The first kappa shape index (κ1) is 10.2. The number of carbonyl (C=O) groups is 1. The van der Waals surface area contributed by atoms with Gasteiger partial charge in [0.25, 0.3) is 0 Å². The van der Waals surface area contributed by atoms with E-state index in [0.717, 1.165) is 0 Å². The van der Waals surface area contributed by atoms with Crippen LogP contribution in [0, 0.1) is 28.6 Å². The van der Waals surface area contributed by atoms with Gasteiger partial charge in [-0.1, -0.05) is 13.8 Å². The number of hydrogen-bond donors (Lipinski definition) is 1. The van der Waals surface area contributed by atoms with Crippen molar-refractivity contribution < 1.29 is 9.90 Å². The summed E-state index contributed by atoms with van der Waals surface area (Å²) in [4.78, 5) is 10.9. The maximum absolute atomic E-state index is 10.9. The van der Waals surface area contributed by atoms with Crippen molar-refractivity contribution in [3.8, 4) is 6.07 Å². The summed E-state index contributed by atoms with van der Waals surface area (Å²) in [5, 5.41) is 18.1. The normalized spacial score (nSPS) is 31.9. The number of carbonyl (C=O) groups excluding carboxylic acids is 1. The second kappa shape index (κ2) is 3.12. The van der Waals surface area contributed by atoms with Gasteiger partial charge in [-0.3, -0.25) is 4.79 Å². The van der Waals surface area contributed by atoms with E-state index in [1.54, 1.807) is 0 Å². The molecule has 3 heteroatoms. The molecule has 3 nitrogen and oxygen atoms in total. The summed E-state index contributed by atoms with van der Waals surface area (Å²) in [6, 6.07) is 2.09. The molecule has 1 aliphatic rings. The van der Waals surface area contributed by atoms with E-state index in [-0.39, 0.29) is 23.0 Å². The first-order chi connectivity index (χ1) is 5.92. The molecule has 1 fully saturated rings. The van der Waals surface area contributed by atoms with Gasteiger partial charge in [0.15, 0.2) is 5.78 Å². The Bertz CT molecular complexity index is 265. The predicted molar refractivity (Wildman–Crippen MR) is 47.7 cm³/mol. The molecule has 0 aliphatic heterocycles. The van der Waals surface area contributed by atoms with E-state index < -0.39 is 6.10 Å². The van der Waals surface area contributed by atoms with Crippen LogP contribution in [0.25, 0.3) is 0 Å². The number of rotatable bonds is 3. The van der Waals surface area contributed by atoms with Crippen LogP contribution in [0.4, 0.5) is 0 Å². The molecule has 0 bridgehead atoms. The molecule has 13 heavy (non-hydrogen) atoms. The van der Waals surface area contributed by atoms with Crippen molar-refractivity contribution in [2.45, 2.75) is 33.3 Å². The molecule has 0 heterocycles. The lowest BCUT2D eigenvalue weighted by Crippen LogP contribution is -2.22. The van der Waals surface area contributed by atoms with E-state index >= 15 is 0 Å². The van der Waals surface area contributed by atoms with Crippen LogP contribution in [0.1, 0.15) is 27.2 Å². The lowest BCUT2D eigenvalue weighted by atomic mass is 10.0. The molecule has 0 aromatic carbocycles. The van der Waals surface area contributed by atoms with Crippen molar-refractivity contribution >= 4 is 5.78 Å². The maximum atomic E-state index is 10.9. The van der Waals surface area contributed by atoms with Crippen LogP contribution in [0.5, 0.6) is 0 Å². The van der Waals surface area contributed by atoms with E-state index in [4.69, 9.17) is 5.26 Å². The molecule has 0 unspecified atom stereocenters. The average Bonchev–Trinajstić information content (AvgIpc) is 2.53. The average molecular weight is 181 g/mol. The van der Waals surface area contributed by atoms with Crippen LogP contribution in [0.15, 0.2) is 0 Å².